The highest BCUT2D eigenvalue weighted by Gasteiger charge is 2.47. The number of hydrogen-bond acceptors (Lipinski definition) is 4. The lowest BCUT2D eigenvalue weighted by atomic mass is 9.74. The van der Waals surface area contributed by atoms with Gasteiger partial charge >= 0.3 is 0 Å². The molecule has 5 rings (SSSR count). The van der Waals surface area contributed by atoms with Crippen LogP contribution < -0.4 is 4.90 Å². The van der Waals surface area contributed by atoms with Crippen LogP contribution in [0.25, 0.3) is 0 Å². The Kier molecular flexibility index (Phi) is 5.47. The van der Waals surface area contributed by atoms with E-state index in [1.807, 2.05) is 36.4 Å². The number of benzene rings is 2. The minimum absolute atomic E-state index is 0.197. The normalized spacial score (nSPS) is 21.6. The second-order valence-corrected chi connectivity index (χ2v) is 8.78. The van der Waals surface area contributed by atoms with Crippen molar-refractivity contribution in [1.82, 2.24) is 4.90 Å². The van der Waals surface area contributed by atoms with Gasteiger partial charge in [0.1, 0.15) is 12.1 Å². The van der Waals surface area contributed by atoms with Crippen molar-refractivity contribution in [2.24, 2.45) is 0 Å². The number of likely N-dealkylation sites (tertiary alicyclic amines) is 1. The molecule has 0 bridgehead atoms. The molecule has 1 atom stereocenters. The van der Waals surface area contributed by atoms with Gasteiger partial charge in [0.05, 0.1) is 0 Å². The average molecular weight is 435 g/mol. The van der Waals surface area contributed by atoms with Crippen molar-refractivity contribution in [3.8, 4) is 0 Å². The average Bonchev–Trinajstić information content (AvgIpc) is 3.39. The summed E-state index contributed by atoms with van der Waals surface area (Å²) in [6.45, 7) is 6.98. The highest BCUT2D eigenvalue weighted by Crippen LogP contribution is 2.48. The van der Waals surface area contributed by atoms with Crippen molar-refractivity contribution in [2.45, 2.75) is 31.0 Å². The monoisotopic (exact) mass is 434 g/mol. The van der Waals surface area contributed by atoms with E-state index < -0.39 is 6.29 Å². The largest absolute Gasteiger partial charge is 0.458 e. The fourth-order valence-electron chi connectivity index (χ4n) is 5.06. The van der Waals surface area contributed by atoms with Gasteiger partial charge in [-0.25, -0.2) is 4.39 Å². The summed E-state index contributed by atoms with van der Waals surface area (Å²) in [4.78, 5) is 17.5. The van der Waals surface area contributed by atoms with Crippen molar-refractivity contribution in [1.29, 1.82) is 0 Å². The lowest BCUT2D eigenvalue weighted by molar-refractivity contribution is -0.121. The minimum atomic E-state index is -0.525. The Morgan fingerprint density at radius 3 is 2.72 bits per heavy atom. The molecule has 6 heteroatoms. The van der Waals surface area contributed by atoms with Crippen LogP contribution in [-0.2, 0) is 26.1 Å². The Labute approximate surface area is 187 Å². The quantitative estimate of drug-likeness (QED) is 0.663. The van der Waals surface area contributed by atoms with Crippen LogP contribution in [0.2, 0.25) is 0 Å². The van der Waals surface area contributed by atoms with Gasteiger partial charge in [0.2, 0.25) is 12.0 Å². The molecule has 5 nitrogen and oxygen atoms in total. The molecular formula is C26H27FN2O3. The Morgan fingerprint density at radius 1 is 1.19 bits per heavy atom. The summed E-state index contributed by atoms with van der Waals surface area (Å²) in [5.41, 5.74) is 2.52. The minimum Gasteiger partial charge on any atom is -0.458 e. The van der Waals surface area contributed by atoms with Crippen molar-refractivity contribution in [3.63, 3.8) is 0 Å². The van der Waals surface area contributed by atoms with Crippen LogP contribution in [0.1, 0.15) is 24.0 Å². The molecule has 0 aliphatic carbocycles. The summed E-state index contributed by atoms with van der Waals surface area (Å²) in [5.74, 6) is -0.310. The predicted molar refractivity (Wildman–Crippen MR) is 120 cm³/mol. The molecule has 1 fully saturated rings. The van der Waals surface area contributed by atoms with E-state index in [0.29, 0.717) is 13.0 Å². The maximum absolute atomic E-state index is 14.2. The third kappa shape index (κ3) is 3.79. The number of ether oxygens (including phenoxy) is 2. The third-order valence-electron chi connectivity index (χ3n) is 6.77. The van der Waals surface area contributed by atoms with Crippen LogP contribution in [-0.4, -0.2) is 43.3 Å². The van der Waals surface area contributed by atoms with E-state index >= 15 is 0 Å². The first-order valence-electron chi connectivity index (χ1n) is 11.1. The van der Waals surface area contributed by atoms with E-state index in [2.05, 4.69) is 11.5 Å². The van der Waals surface area contributed by atoms with Gasteiger partial charge in [0.15, 0.2) is 0 Å². The molecule has 2 aromatic rings. The van der Waals surface area contributed by atoms with Gasteiger partial charge in [-0.2, -0.15) is 0 Å². The van der Waals surface area contributed by atoms with Gasteiger partial charge in [-0.3, -0.25) is 9.69 Å². The molecule has 3 heterocycles. The standard InChI is InChI=1S/C26H27FN2O3/c1-2-12-28-13-10-26(11-14-28)18-29(22-9-8-20(27)16-21(22)26)25(30)23-17-31-24(32-23)15-19-6-4-3-5-7-19/h2-9,16-17,24H,1,10-15,18H2. The lowest BCUT2D eigenvalue weighted by Gasteiger charge is -2.39. The number of halogens is 1. The molecule has 1 unspecified atom stereocenters. The number of piperidine rings is 1. The SMILES string of the molecule is C=CCN1CCC2(CC1)CN(C(=O)C1=COC(Cc3ccccc3)O1)c1ccc(F)cc12. The molecule has 1 spiro atoms. The third-order valence-corrected chi connectivity index (χ3v) is 6.77. The van der Waals surface area contributed by atoms with Crippen molar-refractivity contribution < 1.29 is 18.7 Å². The van der Waals surface area contributed by atoms with Gasteiger partial charge in [-0.1, -0.05) is 36.4 Å². The number of fused-ring (bicyclic) bond motifs is 2. The number of rotatable bonds is 5. The van der Waals surface area contributed by atoms with Crippen LogP contribution in [0.4, 0.5) is 10.1 Å². The van der Waals surface area contributed by atoms with Crippen molar-refractivity contribution in [3.05, 3.63) is 90.2 Å². The van der Waals surface area contributed by atoms with Crippen LogP contribution >= 0.6 is 0 Å². The zero-order valence-electron chi connectivity index (χ0n) is 18.0. The van der Waals surface area contributed by atoms with Gasteiger partial charge in [0, 0.05) is 30.6 Å². The first-order valence-corrected chi connectivity index (χ1v) is 11.1. The van der Waals surface area contributed by atoms with Gasteiger partial charge < -0.3 is 14.4 Å². The Balaban J connectivity index is 1.33. The zero-order chi connectivity index (χ0) is 22.1. The highest BCUT2D eigenvalue weighted by molar-refractivity contribution is 6.06. The van der Waals surface area contributed by atoms with E-state index in [1.165, 1.54) is 12.3 Å². The Hall–Kier alpha value is -3.12. The van der Waals surface area contributed by atoms with Crippen LogP contribution in [0.5, 0.6) is 0 Å². The van der Waals surface area contributed by atoms with E-state index in [4.69, 9.17) is 9.47 Å². The first kappa shape index (κ1) is 20.8. The summed E-state index contributed by atoms with van der Waals surface area (Å²) >= 11 is 0. The smallest absolute Gasteiger partial charge is 0.296 e. The highest BCUT2D eigenvalue weighted by atomic mass is 19.1. The fraction of sp³-hybridized carbons (Fsp3) is 0.346. The van der Waals surface area contributed by atoms with Crippen LogP contribution in [0, 0.1) is 5.82 Å². The summed E-state index contributed by atoms with van der Waals surface area (Å²) in [6.07, 6.45) is 5.09. The topological polar surface area (TPSA) is 42.0 Å². The van der Waals surface area contributed by atoms with E-state index in [-0.39, 0.29) is 22.9 Å². The van der Waals surface area contributed by atoms with Crippen molar-refractivity contribution in [2.75, 3.05) is 31.1 Å². The molecule has 166 valence electrons. The molecular weight excluding hydrogens is 407 g/mol. The fourth-order valence-corrected chi connectivity index (χ4v) is 5.06. The second-order valence-electron chi connectivity index (χ2n) is 8.78. The van der Waals surface area contributed by atoms with E-state index in [1.54, 1.807) is 17.0 Å². The number of hydrogen-bond donors (Lipinski definition) is 0. The maximum atomic E-state index is 14.2. The number of carbonyl (C=O) groups is 1. The maximum Gasteiger partial charge on any atom is 0.296 e. The molecule has 1 saturated heterocycles. The summed E-state index contributed by atoms with van der Waals surface area (Å²) in [5, 5.41) is 0. The number of anilines is 1. The number of amides is 1. The molecule has 0 aromatic heterocycles. The second kappa shape index (κ2) is 8.43. The van der Waals surface area contributed by atoms with Gasteiger partial charge in [-0.05, 0) is 55.3 Å². The molecule has 3 aliphatic rings. The Bertz CT molecular complexity index is 1040. The summed E-state index contributed by atoms with van der Waals surface area (Å²) in [6, 6.07) is 14.6. The zero-order valence-corrected chi connectivity index (χ0v) is 18.0. The number of carbonyl (C=O) groups excluding carboxylic acids is 1. The van der Waals surface area contributed by atoms with E-state index in [9.17, 15) is 9.18 Å². The number of nitrogens with zero attached hydrogens (tertiary/aromatic N) is 2. The van der Waals surface area contributed by atoms with Crippen molar-refractivity contribution >= 4 is 11.6 Å². The van der Waals surface area contributed by atoms with Crippen LogP contribution in [0.3, 0.4) is 0 Å². The Morgan fingerprint density at radius 2 is 1.97 bits per heavy atom. The molecule has 0 N–H and O–H groups in total. The molecule has 0 radical (unpaired) electrons. The summed E-state index contributed by atoms with van der Waals surface area (Å²) < 4.78 is 25.7. The first-order chi connectivity index (χ1) is 15.6. The van der Waals surface area contributed by atoms with Gasteiger partial charge in [-0.15, -0.1) is 6.58 Å². The molecule has 32 heavy (non-hydrogen) atoms. The predicted octanol–water partition coefficient (Wildman–Crippen LogP) is 4.15. The molecule has 1 amide bonds. The lowest BCUT2D eigenvalue weighted by Crippen LogP contribution is -2.46. The molecule has 3 aliphatic heterocycles. The molecule has 0 saturated carbocycles. The summed E-state index contributed by atoms with van der Waals surface area (Å²) in [7, 11) is 0. The molecule has 2 aromatic carbocycles. The van der Waals surface area contributed by atoms with Gasteiger partial charge in [0.25, 0.3) is 5.91 Å². The van der Waals surface area contributed by atoms with Crippen LogP contribution in [0.15, 0.2) is 73.2 Å². The van der Waals surface area contributed by atoms with E-state index in [0.717, 1.165) is 49.3 Å².